The van der Waals surface area contributed by atoms with E-state index in [1.54, 1.807) is 21.8 Å². The molecule has 0 amide bonds. The van der Waals surface area contributed by atoms with E-state index in [1.165, 1.54) is 0 Å². The van der Waals surface area contributed by atoms with Crippen LogP contribution in [0.4, 0.5) is 0 Å². The predicted molar refractivity (Wildman–Crippen MR) is 87.0 cm³/mol. The molecule has 0 aliphatic rings. The molecule has 102 valence electrons. The fraction of sp³-hybridized carbons (Fsp3) is 0.0588. The van der Waals surface area contributed by atoms with E-state index in [9.17, 15) is 4.79 Å². The average Bonchev–Trinajstić information content (AvgIpc) is 2.89. The molecule has 4 aromatic rings. The highest BCUT2D eigenvalue weighted by Crippen LogP contribution is 2.27. The first kappa shape index (κ1) is 12.3. The molecule has 0 aliphatic heterocycles. The Morgan fingerprint density at radius 3 is 2.67 bits per heavy atom. The van der Waals surface area contributed by atoms with Crippen molar-refractivity contribution in [2.45, 2.75) is 6.92 Å². The van der Waals surface area contributed by atoms with Crippen LogP contribution in [-0.2, 0) is 0 Å². The quantitative estimate of drug-likeness (QED) is 0.533. The van der Waals surface area contributed by atoms with Gasteiger partial charge in [-0.2, -0.15) is 0 Å². The maximum absolute atomic E-state index is 12.5. The Morgan fingerprint density at radius 2 is 1.86 bits per heavy atom. The molecule has 21 heavy (non-hydrogen) atoms. The Labute approximate surface area is 125 Å². The maximum atomic E-state index is 12.5. The van der Waals surface area contributed by atoms with Gasteiger partial charge in [0.15, 0.2) is 4.96 Å². The summed E-state index contributed by atoms with van der Waals surface area (Å²) in [7, 11) is 0. The van der Waals surface area contributed by atoms with Crippen molar-refractivity contribution < 1.29 is 0 Å². The molecule has 0 N–H and O–H groups in total. The third kappa shape index (κ3) is 1.87. The van der Waals surface area contributed by atoms with Crippen LogP contribution in [-0.4, -0.2) is 9.38 Å². The van der Waals surface area contributed by atoms with Gasteiger partial charge in [0.25, 0.3) is 5.56 Å². The Hall–Kier alpha value is -2.46. The van der Waals surface area contributed by atoms with E-state index in [0.29, 0.717) is 0 Å². The molecule has 0 radical (unpaired) electrons. The Bertz CT molecular complexity index is 1020. The van der Waals surface area contributed by atoms with E-state index in [4.69, 9.17) is 0 Å². The summed E-state index contributed by atoms with van der Waals surface area (Å²) < 4.78 is 1.69. The monoisotopic (exact) mass is 292 g/mol. The number of benzene rings is 2. The largest absolute Gasteiger partial charge is 0.269 e. The van der Waals surface area contributed by atoms with Gasteiger partial charge >= 0.3 is 0 Å². The lowest BCUT2D eigenvalue weighted by atomic mass is 10.2. The van der Waals surface area contributed by atoms with Crippen LogP contribution in [0.2, 0.25) is 0 Å². The lowest BCUT2D eigenvalue weighted by molar-refractivity contribution is 1.18. The van der Waals surface area contributed by atoms with Crippen LogP contribution in [0.25, 0.3) is 26.4 Å². The topological polar surface area (TPSA) is 34.4 Å². The number of rotatable bonds is 1. The molecule has 4 heteroatoms. The van der Waals surface area contributed by atoms with E-state index in [-0.39, 0.29) is 5.56 Å². The number of hydrogen-bond donors (Lipinski definition) is 0. The van der Waals surface area contributed by atoms with Crippen molar-refractivity contribution in [3.63, 3.8) is 0 Å². The van der Waals surface area contributed by atoms with Crippen LogP contribution in [0.1, 0.15) is 5.56 Å². The van der Waals surface area contributed by atoms with Gasteiger partial charge in [-0.15, -0.1) is 0 Å². The minimum atomic E-state index is -0.0318. The van der Waals surface area contributed by atoms with Gasteiger partial charge in [-0.05, 0) is 24.1 Å². The van der Waals surface area contributed by atoms with Gasteiger partial charge in [-0.1, -0.05) is 53.8 Å². The highest BCUT2D eigenvalue weighted by atomic mass is 32.1. The Balaban J connectivity index is 2.10. The number of nitrogens with zero attached hydrogens (tertiary/aromatic N) is 2. The molecule has 0 fully saturated rings. The first-order valence-electron chi connectivity index (χ1n) is 6.71. The number of aryl methyl sites for hydroxylation is 1. The molecule has 0 spiro atoms. The molecule has 2 heterocycles. The molecular weight excluding hydrogens is 280 g/mol. The zero-order valence-corrected chi connectivity index (χ0v) is 12.2. The average molecular weight is 292 g/mol. The summed E-state index contributed by atoms with van der Waals surface area (Å²) >= 11 is 1.54. The minimum absolute atomic E-state index is 0.0318. The standard InChI is InChI=1S/C17H12N2OS/c1-11-6-5-9-13-16(11)18-17-19(13)15(20)10-14(21-17)12-7-3-2-4-8-12/h2-10H,1H3. The summed E-state index contributed by atoms with van der Waals surface area (Å²) in [5.74, 6) is 0. The van der Waals surface area contributed by atoms with Crippen molar-refractivity contribution in [1.82, 2.24) is 9.38 Å². The Morgan fingerprint density at radius 1 is 1.05 bits per heavy atom. The first-order chi connectivity index (χ1) is 10.2. The molecule has 4 rings (SSSR count). The third-order valence-corrected chi connectivity index (χ3v) is 4.62. The van der Waals surface area contributed by atoms with Gasteiger partial charge in [0.1, 0.15) is 0 Å². The van der Waals surface area contributed by atoms with Gasteiger partial charge in [-0.25, -0.2) is 4.98 Å². The Kier molecular flexibility index (Phi) is 2.65. The van der Waals surface area contributed by atoms with E-state index in [2.05, 4.69) is 4.98 Å². The zero-order chi connectivity index (χ0) is 14.4. The summed E-state index contributed by atoms with van der Waals surface area (Å²) in [4.78, 5) is 18.8. The number of aromatic nitrogens is 2. The number of fused-ring (bicyclic) bond motifs is 3. The highest BCUT2D eigenvalue weighted by molar-refractivity contribution is 7.20. The van der Waals surface area contributed by atoms with E-state index in [0.717, 1.165) is 32.0 Å². The lowest BCUT2D eigenvalue weighted by Crippen LogP contribution is -2.09. The number of imidazole rings is 1. The van der Waals surface area contributed by atoms with Gasteiger partial charge in [0, 0.05) is 10.9 Å². The molecular formula is C17H12N2OS. The molecule has 2 aromatic carbocycles. The molecule has 0 bridgehead atoms. The highest BCUT2D eigenvalue weighted by Gasteiger charge is 2.11. The second-order valence-electron chi connectivity index (χ2n) is 4.99. The number of para-hydroxylation sites is 1. The summed E-state index contributed by atoms with van der Waals surface area (Å²) in [5.41, 5.74) is 3.88. The summed E-state index contributed by atoms with van der Waals surface area (Å²) in [6, 6.07) is 17.5. The molecule has 0 unspecified atom stereocenters. The van der Waals surface area contributed by atoms with Crippen LogP contribution < -0.4 is 5.56 Å². The van der Waals surface area contributed by atoms with Crippen molar-refractivity contribution >= 4 is 27.3 Å². The van der Waals surface area contributed by atoms with Crippen LogP contribution in [0, 0.1) is 6.92 Å². The molecule has 0 saturated carbocycles. The molecule has 0 aliphatic carbocycles. The molecule has 3 nitrogen and oxygen atoms in total. The fourth-order valence-corrected chi connectivity index (χ4v) is 3.58. The van der Waals surface area contributed by atoms with E-state index < -0.39 is 0 Å². The van der Waals surface area contributed by atoms with Crippen molar-refractivity contribution in [2.75, 3.05) is 0 Å². The third-order valence-electron chi connectivity index (χ3n) is 3.59. The number of hydrogen-bond acceptors (Lipinski definition) is 3. The first-order valence-corrected chi connectivity index (χ1v) is 7.53. The fourth-order valence-electron chi connectivity index (χ4n) is 2.55. The van der Waals surface area contributed by atoms with Crippen molar-refractivity contribution in [1.29, 1.82) is 0 Å². The summed E-state index contributed by atoms with van der Waals surface area (Å²) in [6.45, 7) is 2.02. The summed E-state index contributed by atoms with van der Waals surface area (Å²) in [5, 5.41) is 0. The summed E-state index contributed by atoms with van der Waals surface area (Å²) in [6.07, 6.45) is 0. The van der Waals surface area contributed by atoms with E-state index in [1.807, 2.05) is 55.5 Å². The van der Waals surface area contributed by atoms with Crippen molar-refractivity contribution in [3.05, 3.63) is 70.5 Å². The second kappa shape index (κ2) is 4.53. The van der Waals surface area contributed by atoms with Crippen LogP contribution in [0.3, 0.4) is 0 Å². The predicted octanol–water partition coefficient (Wildman–Crippen LogP) is 3.88. The normalized spacial score (nSPS) is 11.3. The van der Waals surface area contributed by atoms with Crippen LogP contribution in [0.5, 0.6) is 0 Å². The van der Waals surface area contributed by atoms with Crippen LogP contribution in [0.15, 0.2) is 59.4 Å². The van der Waals surface area contributed by atoms with Crippen LogP contribution >= 0.6 is 11.3 Å². The molecule has 2 aromatic heterocycles. The minimum Gasteiger partial charge on any atom is -0.269 e. The SMILES string of the molecule is Cc1cccc2c1nc1sc(-c3ccccc3)cc(=O)n12. The van der Waals surface area contributed by atoms with Crippen molar-refractivity contribution in [3.8, 4) is 10.4 Å². The smallest absolute Gasteiger partial charge is 0.258 e. The molecule has 0 atom stereocenters. The molecule has 0 saturated heterocycles. The van der Waals surface area contributed by atoms with E-state index >= 15 is 0 Å². The maximum Gasteiger partial charge on any atom is 0.258 e. The van der Waals surface area contributed by atoms with Gasteiger partial charge < -0.3 is 0 Å². The van der Waals surface area contributed by atoms with Gasteiger partial charge in [-0.3, -0.25) is 9.20 Å². The van der Waals surface area contributed by atoms with Crippen molar-refractivity contribution in [2.24, 2.45) is 0 Å². The van der Waals surface area contributed by atoms with Gasteiger partial charge in [0.05, 0.1) is 11.0 Å². The van der Waals surface area contributed by atoms with Gasteiger partial charge in [0.2, 0.25) is 0 Å². The second-order valence-corrected chi connectivity index (χ2v) is 6.00. The zero-order valence-electron chi connectivity index (χ0n) is 11.4. The lowest BCUT2D eigenvalue weighted by Gasteiger charge is -2.00.